The first-order valence-electron chi connectivity index (χ1n) is 11.7. The van der Waals surface area contributed by atoms with Crippen molar-refractivity contribution in [3.63, 3.8) is 0 Å². The molecule has 3 unspecified atom stereocenters. The summed E-state index contributed by atoms with van der Waals surface area (Å²) in [6.45, 7) is 6.18. The lowest BCUT2D eigenvalue weighted by molar-refractivity contribution is -0.143. The van der Waals surface area contributed by atoms with E-state index in [-0.39, 0.29) is 30.4 Å². The van der Waals surface area contributed by atoms with Gasteiger partial charge in [-0.15, -0.1) is 0 Å². The van der Waals surface area contributed by atoms with Crippen molar-refractivity contribution in [2.75, 3.05) is 39.0 Å². The van der Waals surface area contributed by atoms with Crippen LogP contribution in [0.5, 0.6) is 0 Å². The molecular formula is C26H30ClFN4O3. The summed E-state index contributed by atoms with van der Waals surface area (Å²) in [6, 6.07) is 9.81. The number of nitrogens with one attached hydrogen (secondary N) is 1. The molecule has 186 valence electrons. The highest BCUT2D eigenvalue weighted by Gasteiger charge is 2.37. The number of rotatable bonds is 5. The molecule has 1 saturated heterocycles. The van der Waals surface area contributed by atoms with Crippen LogP contribution in [0.15, 0.2) is 36.4 Å². The summed E-state index contributed by atoms with van der Waals surface area (Å²) in [5.74, 6) is -2.21. The first-order chi connectivity index (χ1) is 16.6. The number of nitrogens with zero attached hydrogens (tertiary/aromatic N) is 3. The Bertz CT molecular complexity index is 1150. The third-order valence-corrected chi connectivity index (χ3v) is 7.16. The lowest BCUT2D eigenvalue weighted by atomic mass is 9.94. The van der Waals surface area contributed by atoms with Gasteiger partial charge in [-0.2, -0.15) is 0 Å². The lowest BCUT2D eigenvalue weighted by Gasteiger charge is -2.44. The fourth-order valence-electron chi connectivity index (χ4n) is 4.80. The number of benzene rings is 2. The molecule has 2 amide bonds. The van der Waals surface area contributed by atoms with E-state index in [0.717, 1.165) is 5.56 Å². The third-order valence-electron chi connectivity index (χ3n) is 6.85. The summed E-state index contributed by atoms with van der Waals surface area (Å²) in [7, 11) is 3.08. The van der Waals surface area contributed by atoms with Gasteiger partial charge in [-0.05, 0) is 49.2 Å². The quantitative estimate of drug-likeness (QED) is 0.637. The van der Waals surface area contributed by atoms with Crippen LogP contribution in [0.25, 0.3) is 0 Å². The van der Waals surface area contributed by atoms with E-state index in [1.165, 1.54) is 17.0 Å². The highest BCUT2D eigenvalue weighted by molar-refractivity contribution is 6.39. The van der Waals surface area contributed by atoms with Crippen molar-refractivity contribution in [1.82, 2.24) is 14.7 Å². The Balaban J connectivity index is 1.52. The Labute approximate surface area is 209 Å². The van der Waals surface area contributed by atoms with Gasteiger partial charge in [-0.3, -0.25) is 19.3 Å². The standard InChI is InChI=1S/C26H30ClFN4O3/c1-15-13-32(16(2)12-31(15)14-17-5-7-18(28)8-6-17)25(34)20-9-19-21(24(33)26(35)30(3)4)11-29-23(19)10-22(20)27/h5-10,15-16,21,29H,11-14H2,1-4H3. The van der Waals surface area contributed by atoms with Gasteiger partial charge < -0.3 is 15.1 Å². The second-order valence-corrected chi connectivity index (χ2v) is 10.0. The average Bonchev–Trinajstić information content (AvgIpc) is 3.23. The molecule has 0 spiro atoms. The minimum atomic E-state index is -0.660. The van der Waals surface area contributed by atoms with Crippen LogP contribution in [-0.4, -0.2) is 78.1 Å². The minimum Gasteiger partial charge on any atom is -0.384 e. The number of hydrogen-bond acceptors (Lipinski definition) is 5. The molecule has 3 atom stereocenters. The van der Waals surface area contributed by atoms with E-state index in [2.05, 4.69) is 17.1 Å². The number of hydrogen-bond donors (Lipinski definition) is 1. The van der Waals surface area contributed by atoms with Crippen molar-refractivity contribution < 1.29 is 18.8 Å². The SMILES string of the molecule is CC1CN(C(=O)c2cc3c(cc2Cl)NCC3C(=O)C(=O)N(C)C)C(C)CN1Cc1ccc(F)cc1. The lowest BCUT2D eigenvalue weighted by Crippen LogP contribution is -2.57. The van der Waals surface area contributed by atoms with Crippen molar-refractivity contribution in [1.29, 1.82) is 0 Å². The Morgan fingerprint density at radius 2 is 1.77 bits per heavy atom. The third kappa shape index (κ3) is 5.04. The van der Waals surface area contributed by atoms with Crippen molar-refractivity contribution in [2.45, 2.75) is 38.4 Å². The Morgan fingerprint density at radius 1 is 1.09 bits per heavy atom. The molecule has 2 aliphatic heterocycles. The summed E-state index contributed by atoms with van der Waals surface area (Å²) in [6.07, 6.45) is 0. The minimum absolute atomic E-state index is 0.0747. The van der Waals surface area contributed by atoms with Gasteiger partial charge in [0.1, 0.15) is 5.82 Å². The van der Waals surface area contributed by atoms with Crippen molar-refractivity contribution >= 4 is 34.9 Å². The number of halogens is 2. The fraction of sp³-hybridized carbons (Fsp3) is 0.423. The molecule has 0 radical (unpaired) electrons. The number of Topliss-reactive ketones (excluding diaryl/α,β-unsaturated/α-hetero) is 1. The summed E-state index contributed by atoms with van der Waals surface area (Å²) in [5, 5.41) is 3.44. The van der Waals surface area contributed by atoms with E-state index in [1.54, 1.807) is 38.4 Å². The van der Waals surface area contributed by atoms with Gasteiger partial charge in [0, 0.05) is 58.0 Å². The highest BCUT2D eigenvalue weighted by Crippen LogP contribution is 2.37. The second-order valence-electron chi connectivity index (χ2n) is 9.63. The molecule has 35 heavy (non-hydrogen) atoms. The average molecular weight is 501 g/mol. The molecule has 2 aromatic rings. The van der Waals surface area contributed by atoms with Crippen LogP contribution in [-0.2, 0) is 16.1 Å². The van der Waals surface area contributed by atoms with Crippen LogP contribution in [0.2, 0.25) is 5.02 Å². The van der Waals surface area contributed by atoms with Crippen molar-refractivity contribution in [3.05, 3.63) is 63.9 Å². The van der Waals surface area contributed by atoms with Crippen molar-refractivity contribution in [2.24, 2.45) is 0 Å². The first kappa shape index (κ1) is 25.1. The van der Waals surface area contributed by atoms with E-state index in [9.17, 15) is 18.8 Å². The van der Waals surface area contributed by atoms with Gasteiger partial charge in [0.25, 0.3) is 11.8 Å². The molecule has 7 nitrogen and oxygen atoms in total. The molecule has 0 saturated carbocycles. The number of carbonyl (C=O) groups excluding carboxylic acids is 3. The van der Waals surface area contributed by atoms with E-state index >= 15 is 0 Å². The first-order valence-corrected chi connectivity index (χ1v) is 12.1. The maximum atomic E-state index is 13.6. The maximum absolute atomic E-state index is 13.6. The smallest absolute Gasteiger partial charge is 0.290 e. The van der Waals surface area contributed by atoms with Crippen LogP contribution < -0.4 is 5.32 Å². The van der Waals surface area contributed by atoms with E-state index in [1.807, 2.05) is 11.8 Å². The Kier molecular flexibility index (Phi) is 7.15. The van der Waals surface area contributed by atoms with Crippen LogP contribution in [0.1, 0.15) is 41.3 Å². The van der Waals surface area contributed by atoms with Gasteiger partial charge in [0.15, 0.2) is 0 Å². The van der Waals surface area contributed by atoms with E-state index in [0.29, 0.717) is 41.5 Å². The predicted octanol–water partition coefficient (Wildman–Crippen LogP) is 3.38. The maximum Gasteiger partial charge on any atom is 0.290 e. The molecule has 1 N–H and O–H groups in total. The number of fused-ring (bicyclic) bond motifs is 1. The molecule has 2 aromatic carbocycles. The topological polar surface area (TPSA) is 73.0 Å². The largest absolute Gasteiger partial charge is 0.384 e. The number of carbonyl (C=O) groups is 3. The predicted molar refractivity (Wildman–Crippen MR) is 133 cm³/mol. The van der Waals surface area contributed by atoms with Crippen LogP contribution in [0.3, 0.4) is 0 Å². The summed E-state index contributed by atoms with van der Waals surface area (Å²) < 4.78 is 13.3. The molecule has 4 rings (SSSR count). The number of ketones is 1. The van der Waals surface area contributed by atoms with Crippen LogP contribution in [0.4, 0.5) is 10.1 Å². The van der Waals surface area contributed by atoms with Gasteiger partial charge in [-0.1, -0.05) is 23.7 Å². The van der Waals surface area contributed by atoms with E-state index < -0.39 is 17.6 Å². The highest BCUT2D eigenvalue weighted by atomic mass is 35.5. The van der Waals surface area contributed by atoms with Gasteiger partial charge in [-0.25, -0.2) is 4.39 Å². The van der Waals surface area contributed by atoms with Crippen LogP contribution in [0, 0.1) is 5.82 Å². The summed E-state index contributed by atoms with van der Waals surface area (Å²) in [5.41, 5.74) is 2.63. The van der Waals surface area contributed by atoms with Crippen LogP contribution >= 0.6 is 11.6 Å². The summed E-state index contributed by atoms with van der Waals surface area (Å²) >= 11 is 6.51. The van der Waals surface area contributed by atoms with Gasteiger partial charge >= 0.3 is 0 Å². The monoisotopic (exact) mass is 500 g/mol. The molecule has 2 aliphatic rings. The normalized spacial score (nSPS) is 21.9. The van der Waals surface area contributed by atoms with Crippen molar-refractivity contribution in [3.8, 4) is 0 Å². The Hall–Kier alpha value is -2.97. The molecule has 1 fully saturated rings. The molecular weight excluding hydrogens is 471 g/mol. The number of likely N-dealkylation sites (N-methyl/N-ethyl adjacent to an activating group) is 1. The zero-order valence-corrected chi connectivity index (χ0v) is 21.1. The molecule has 0 bridgehead atoms. The summed E-state index contributed by atoms with van der Waals surface area (Å²) in [4.78, 5) is 43.9. The second kappa shape index (κ2) is 9.95. The van der Waals surface area contributed by atoms with E-state index in [4.69, 9.17) is 11.6 Å². The molecule has 2 heterocycles. The molecule has 9 heteroatoms. The van der Waals surface area contributed by atoms with Gasteiger partial charge in [0.05, 0.1) is 16.5 Å². The zero-order chi connectivity index (χ0) is 25.4. The number of anilines is 1. The van der Waals surface area contributed by atoms with Gasteiger partial charge in [0.2, 0.25) is 5.78 Å². The molecule has 0 aromatic heterocycles. The fourth-order valence-corrected chi connectivity index (χ4v) is 5.05. The zero-order valence-electron chi connectivity index (χ0n) is 20.3. The number of piperazine rings is 1. The number of amides is 2. The Morgan fingerprint density at radius 3 is 2.43 bits per heavy atom. The molecule has 0 aliphatic carbocycles.